The lowest BCUT2D eigenvalue weighted by atomic mass is 10.1. The second-order valence-electron chi connectivity index (χ2n) is 5.75. The van der Waals surface area contributed by atoms with E-state index in [9.17, 15) is 9.59 Å². The number of carbonyl (C=O) groups is 2. The smallest absolute Gasteiger partial charge is 0.331 e. The second-order valence-corrected chi connectivity index (χ2v) is 5.75. The normalized spacial score (nSPS) is 11.7. The van der Waals surface area contributed by atoms with Crippen molar-refractivity contribution >= 4 is 18.0 Å². The van der Waals surface area contributed by atoms with Crippen LogP contribution in [0.2, 0.25) is 0 Å². The Morgan fingerprint density at radius 1 is 1.07 bits per heavy atom. The van der Waals surface area contributed by atoms with Crippen molar-refractivity contribution in [3.05, 3.63) is 65.7 Å². The first-order valence-corrected chi connectivity index (χ1v) is 8.44. The van der Waals surface area contributed by atoms with E-state index >= 15 is 0 Å². The summed E-state index contributed by atoms with van der Waals surface area (Å²) in [6, 6.07) is 14.6. The van der Waals surface area contributed by atoms with E-state index in [1.807, 2.05) is 37.3 Å². The molecule has 0 aliphatic carbocycles. The molecule has 0 fully saturated rings. The minimum absolute atomic E-state index is 0.170. The summed E-state index contributed by atoms with van der Waals surface area (Å²) in [7, 11) is 3.09. The van der Waals surface area contributed by atoms with E-state index in [1.165, 1.54) is 13.2 Å². The molecule has 0 bridgehead atoms. The average molecular weight is 369 g/mol. The van der Waals surface area contributed by atoms with Crippen LogP contribution < -0.4 is 14.8 Å². The predicted octanol–water partition coefficient (Wildman–Crippen LogP) is 3.14. The summed E-state index contributed by atoms with van der Waals surface area (Å²) < 4.78 is 15.4. The molecule has 0 radical (unpaired) electrons. The van der Waals surface area contributed by atoms with Crippen molar-refractivity contribution in [2.75, 3.05) is 20.8 Å². The maximum Gasteiger partial charge on any atom is 0.331 e. The number of amides is 1. The highest BCUT2D eigenvalue weighted by molar-refractivity contribution is 5.89. The molecule has 1 atom stereocenters. The Labute approximate surface area is 158 Å². The fraction of sp³-hybridized carbons (Fsp3) is 0.238. The van der Waals surface area contributed by atoms with Crippen molar-refractivity contribution in [3.63, 3.8) is 0 Å². The van der Waals surface area contributed by atoms with Gasteiger partial charge < -0.3 is 19.5 Å². The zero-order valence-electron chi connectivity index (χ0n) is 15.6. The van der Waals surface area contributed by atoms with Crippen molar-refractivity contribution in [2.45, 2.75) is 13.0 Å². The molecular weight excluding hydrogens is 346 g/mol. The summed E-state index contributed by atoms with van der Waals surface area (Å²) in [5, 5.41) is 2.78. The van der Waals surface area contributed by atoms with E-state index in [4.69, 9.17) is 14.2 Å². The number of hydrogen-bond donors (Lipinski definition) is 1. The third-order valence-electron chi connectivity index (χ3n) is 3.86. The van der Waals surface area contributed by atoms with Gasteiger partial charge >= 0.3 is 5.97 Å². The van der Waals surface area contributed by atoms with Crippen LogP contribution >= 0.6 is 0 Å². The molecule has 27 heavy (non-hydrogen) atoms. The van der Waals surface area contributed by atoms with Gasteiger partial charge in [-0.15, -0.1) is 0 Å². The summed E-state index contributed by atoms with van der Waals surface area (Å²) in [5.74, 6) is 0.231. The SMILES string of the molecule is COc1ccc(/C=C/C(=O)OCC(=O)N[C@@H](C)c2ccccc2)c(OC)c1. The first-order chi connectivity index (χ1) is 13.0. The molecule has 142 valence electrons. The fourth-order valence-electron chi connectivity index (χ4n) is 2.41. The van der Waals surface area contributed by atoms with Gasteiger partial charge in [-0.05, 0) is 30.7 Å². The van der Waals surface area contributed by atoms with Crippen molar-refractivity contribution in [3.8, 4) is 11.5 Å². The van der Waals surface area contributed by atoms with E-state index in [0.717, 1.165) is 5.56 Å². The Balaban J connectivity index is 1.85. The number of benzene rings is 2. The van der Waals surface area contributed by atoms with E-state index in [1.54, 1.807) is 31.4 Å². The van der Waals surface area contributed by atoms with E-state index in [2.05, 4.69) is 5.32 Å². The molecule has 0 aromatic heterocycles. The average Bonchev–Trinajstić information content (AvgIpc) is 2.71. The van der Waals surface area contributed by atoms with Crippen LogP contribution in [0.1, 0.15) is 24.1 Å². The van der Waals surface area contributed by atoms with Crippen LogP contribution in [-0.2, 0) is 14.3 Å². The number of methoxy groups -OCH3 is 2. The lowest BCUT2D eigenvalue weighted by Gasteiger charge is -2.14. The van der Waals surface area contributed by atoms with Crippen LogP contribution in [-0.4, -0.2) is 32.7 Å². The van der Waals surface area contributed by atoms with Gasteiger partial charge in [0.2, 0.25) is 0 Å². The molecule has 0 spiro atoms. The van der Waals surface area contributed by atoms with Gasteiger partial charge in [-0.1, -0.05) is 30.3 Å². The van der Waals surface area contributed by atoms with E-state index < -0.39 is 5.97 Å². The first-order valence-electron chi connectivity index (χ1n) is 8.44. The highest BCUT2D eigenvalue weighted by Gasteiger charge is 2.11. The Bertz CT molecular complexity index is 801. The lowest BCUT2D eigenvalue weighted by Crippen LogP contribution is -2.30. The van der Waals surface area contributed by atoms with Crippen LogP contribution in [0, 0.1) is 0 Å². The third-order valence-corrected chi connectivity index (χ3v) is 3.86. The summed E-state index contributed by atoms with van der Waals surface area (Å²) in [4.78, 5) is 23.8. The monoisotopic (exact) mass is 369 g/mol. The number of hydrogen-bond acceptors (Lipinski definition) is 5. The van der Waals surface area contributed by atoms with Gasteiger partial charge in [-0.2, -0.15) is 0 Å². The van der Waals surface area contributed by atoms with Crippen LogP contribution in [0.3, 0.4) is 0 Å². The molecule has 6 heteroatoms. The lowest BCUT2D eigenvalue weighted by molar-refractivity contribution is -0.144. The minimum Gasteiger partial charge on any atom is -0.497 e. The zero-order chi connectivity index (χ0) is 19.6. The van der Waals surface area contributed by atoms with Crippen molar-refractivity contribution in [1.29, 1.82) is 0 Å². The quantitative estimate of drug-likeness (QED) is 0.572. The standard InChI is InChI=1S/C21H23NO5/c1-15(16-7-5-4-6-8-16)22-20(23)14-27-21(24)12-10-17-9-11-18(25-2)13-19(17)26-3/h4-13,15H,14H2,1-3H3,(H,22,23)/b12-10+/t15-/m0/s1. The predicted molar refractivity (Wildman–Crippen MR) is 103 cm³/mol. The van der Waals surface area contributed by atoms with Gasteiger partial charge in [-0.25, -0.2) is 4.79 Å². The van der Waals surface area contributed by atoms with Crippen molar-refractivity contribution < 1.29 is 23.8 Å². The molecule has 0 aliphatic heterocycles. The summed E-state index contributed by atoms with van der Waals surface area (Å²) in [5.41, 5.74) is 1.67. The van der Waals surface area contributed by atoms with Crippen LogP contribution in [0.25, 0.3) is 6.08 Å². The molecule has 0 heterocycles. The zero-order valence-corrected chi connectivity index (χ0v) is 15.6. The Kier molecular flexibility index (Phi) is 7.43. The fourth-order valence-corrected chi connectivity index (χ4v) is 2.41. The molecule has 1 amide bonds. The summed E-state index contributed by atoms with van der Waals surface area (Å²) in [6.45, 7) is 1.52. The second kappa shape index (κ2) is 10.0. The molecular formula is C21H23NO5. The van der Waals surface area contributed by atoms with Gasteiger partial charge in [0, 0.05) is 17.7 Å². The van der Waals surface area contributed by atoms with Gasteiger partial charge in [0.15, 0.2) is 6.61 Å². The largest absolute Gasteiger partial charge is 0.497 e. The van der Waals surface area contributed by atoms with Gasteiger partial charge in [0.05, 0.1) is 20.3 Å². The third kappa shape index (κ3) is 6.18. The molecule has 0 saturated carbocycles. The molecule has 0 aliphatic rings. The molecule has 1 N–H and O–H groups in total. The number of esters is 1. The molecule has 0 unspecified atom stereocenters. The molecule has 6 nitrogen and oxygen atoms in total. The Morgan fingerprint density at radius 3 is 2.48 bits per heavy atom. The molecule has 2 aromatic rings. The van der Waals surface area contributed by atoms with Gasteiger partial charge in [-0.3, -0.25) is 4.79 Å². The van der Waals surface area contributed by atoms with Crippen molar-refractivity contribution in [1.82, 2.24) is 5.32 Å². The topological polar surface area (TPSA) is 73.9 Å². The van der Waals surface area contributed by atoms with Crippen molar-refractivity contribution in [2.24, 2.45) is 0 Å². The number of rotatable bonds is 8. The van der Waals surface area contributed by atoms with Crippen LogP contribution in [0.5, 0.6) is 11.5 Å². The Hall–Kier alpha value is -3.28. The van der Waals surface area contributed by atoms with Crippen LogP contribution in [0.15, 0.2) is 54.6 Å². The van der Waals surface area contributed by atoms with Gasteiger partial charge in [0.1, 0.15) is 11.5 Å². The highest BCUT2D eigenvalue weighted by Crippen LogP contribution is 2.25. The van der Waals surface area contributed by atoms with Crippen LogP contribution in [0.4, 0.5) is 0 Å². The Morgan fingerprint density at radius 2 is 1.81 bits per heavy atom. The van der Waals surface area contributed by atoms with E-state index in [0.29, 0.717) is 17.1 Å². The summed E-state index contributed by atoms with van der Waals surface area (Å²) >= 11 is 0. The number of nitrogens with one attached hydrogen (secondary N) is 1. The minimum atomic E-state index is -0.615. The highest BCUT2D eigenvalue weighted by atomic mass is 16.5. The number of carbonyl (C=O) groups excluding carboxylic acids is 2. The van der Waals surface area contributed by atoms with E-state index in [-0.39, 0.29) is 18.6 Å². The molecule has 2 rings (SSSR count). The first kappa shape index (κ1) is 20.0. The summed E-state index contributed by atoms with van der Waals surface area (Å²) in [6.07, 6.45) is 2.81. The van der Waals surface area contributed by atoms with Gasteiger partial charge in [0.25, 0.3) is 5.91 Å². The number of ether oxygens (including phenoxy) is 3. The molecule has 0 saturated heterocycles. The molecule has 2 aromatic carbocycles. The maximum atomic E-state index is 11.9. The maximum absolute atomic E-state index is 11.9.